The van der Waals surface area contributed by atoms with Crippen LogP contribution >= 0.6 is 0 Å². The SMILES string of the molecule is O=C(O)c1cc2ccccc2cn1.OC(Cc1ccccc1)c1ccccc1. The second-order valence-corrected chi connectivity index (χ2v) is 6.34. The lowest BCUT2D eigenvalue weighted by Crippen LogP contribution is -2.01. The van der Waals surface area contributed by atoms with Crippen molar-refractivity contribution in [3.8, 4) is 0 Å². The van der Waals surface area contributed by atoms with Crippen molar-refractivity contribution in [1.82, 2.24) is 4.98 Å². The summed E-state index contributed by atoms with van der Waals surface area (Å²) in [6.45, 7) is 0. The zero-order chi connectivity index (χ0) is 19.8. The van der Waals surface area contributed by atoms with E-state index in [-0.39, 0.29) is 5.69 Å². The third-order valence-electron chi connectivity index (χ3n) is 4.31. The Hall–Kier alpha value is -3.50. The Morgan fingerprint density at radius 1 is 0.821 bits per heavy atom. The van der Waals surface area contributed by atoms with Gasteiger partial charge < -0.3 is 10.2 Å². The number of hydrogen-bond acceptors (Lipinski definition) is 3. The van der Waals surface area contributed by atoms with E-state index in [1.54, 1.807) is 12.3 Å². The molecule has 4 rings (SSSR count). The molecule has 0 fully saturated rings. The number of benzene rings is 3. The van der Waals surface area contributed by atoms with E-state index in [4.69, 9.17) is 5.11 Å². The van der Waals surface area contributed by atoms with Crippen LogP contribution in [0.4, 0.5) is 0 Å². The van der Waals surface area contributed by atoms with Crippen molar-refractivity contribution < 1.29 is 15.0 Å². The molecule has 0 aliphatic heterocycles. The molecule has 0 amide bonds. The van der Waals surface area contributed by atoms with Crippen LogP contribution in [0.5, 0.6) is 0 Å². The number of hydrogen-bond donors (Lipinski definition) is 2. The smallest absolute Gasteiger partial charge is 0.354 e. The molecule has 4 aromatic rings. The summed E-state index contributed by atoms with van der Waals surface area (Å²) >= 11 is 0. The Balaban J connectivity index is 0.000000162. The summed E-state index contributed by atoms with van der Waals surface area (Å²) in [7, 11) is 0. The van der Waals surface area contributed by atoms with Crippen LogP contribution in [0.1, 0.15) is 27.7 Å². The molecule has 0 saturated heterocycles. The highest BCUT2D eigenvalue weighted by Crippen LogP contribution is 2.17. The van der Waals surface area contributed by atoms with Gasteiger partial charge in [0.05, 0.1) is 6.10 Å². The molecule has 0 radical (unpaired) electrons. The number of carboxylic acid groups (broad SMARTS) is 1. The molecule has 4 heteroatoms. The average Bonchev–Trinajstić information content (AvgIpc) is 2.75. The second kappa shape index (κ2) is 9.44. The average molecular weight is 371 g/mol. The molecule has 0 saturated carbocycles. The van der Waals surface area contributed by atoms with E-state index >= 15 is 0 Å². The van der Waals surface area contributed by atoms with Crippen LogP contribution in [-0.4, -0.2) is 21.2 Å². The minimum atomic E-state index is -0.995. The summed E-state index contributed by atoms with van der Waals surface area (Å²) in [6, 6.07) is 28.9. The topological polar surface area (TPSA) is 70.4 Å². The zero-order valence-electron chi connectivity index (χ0n) is 15.3. The maximum atomic E-state index is 10.6. The van der Waals surface area contributed by atoms with Gasteiger partial charge in [-0.05, 0) is 22.6 Å². The van der Waals surface area contributed by atoms with Crippen molar-refractivity contribution in [1.29, 1.82) is 0 Å². The zero-order valence-corrected chi connectivity index (χ0v) is 15.3. The van der Waals surface area contributed by atoms with Gasteiger partial charge in [-0.15, -0.1) is 0 Å². The number of nitrogens with zero attached hydrogens (tertiary/aromatic N) is 1. The van der Waals surface area contributed by atoms with Crippen LogP contribution in [0.25, 0.3) is 10.8 Å². The van der Waals surface area contributed by atoms with Crippen molar-refractivity contribution in [2.75, 3.05) is 0 Å². The van der Waals surface area contributed by atoms with E-state index < -0.39 is 12.1 Å². The molecule has 0 bridgehead atoms. The second-order valence-electron chi connectivity index (χ2n) is 6.34. The highest BCUT2D eigenvalue weighted by atomic mass is 16.4. The molecule has 4 nitrogen and oxygen atoms in total. The fraction of sp³-hybridized carbons (Fsp3) is 0.0833. The van der Waals surface area contributed by atoms with Crippen molar-refractivity contribution >= 4 is 16.7 Å². The molecule has 1 aromatic heterocycles. The summed E-state index contributed by atoms with van der Waals surface area (Å²) in [5.74, 6) is -0.995. The molecule has 28 heavy (non-hydrogen) atoms. The predicted octanol–water partition coefficient (Wildman–Crippen LogP) is 4.90. The van der Waals surface area contributed by atoms with E-state index in [9.17, 15) is 9.90 Å². The molecular weight excluding hydrogens is 350 g/mol. The molecule has 0 aliphatic rings. The van der Waals surface area contributed by atoms with Crippen LogP contribution in [-0.2, 0) is 6.42 Å². The Kier molecular flexibility index (Phi) is 6.50. The standard InChI is InChI=1S/C14H14O.C10H7NO2/c15-14(13-9-5-2-6-10-13)11-12-7-3-1-4-8-12;12-10(13)9-5-7-3-1-2-4-8(7)6-11-9/h1-10,14-15H,11H2;1-6H,(H,12,13). The van der Waals surface area contributed by atoms with Crippen LogP contribution < -0.4 is 0 Å². The summed E-state index contributed by atoms with van der Waals surface area (Å²) in [5.41, 5.74) is 2.22. The first kappa shape index (κ1) is 19.3. The number of aromatic carboxylic acids is 1. The molecular formula is C24H21NO3. The maximum Gasteiger partial charge on any atom is 0.354 e. The Labute approximate surface area is 163 Å². The van der Waals surface area contributed by atoms with E-state index in [1.165, 1.54) is 0 Å². The Bertz CT molecular complexity index is 1030. The van der Waals surface area contributed by atoms with Crippen LogP contribution in [0, 0.1) is 0 Å². The van der Waals surface area contributed by atoms with Crippen molar-refractivity contribution in [2.45, 2.75) is 12.5 Å². The lowest BCUT2D eigenvalue weighted by atomic mass is 10.0. The minimum Gasteiger partial charge on any atom is -0.477 e. The predicted molar refractivity (Wildman–Crippen MR) is 110 cm³/mol. The highest BCUT2D eigenvalue weighted by Gasteiger charge is 2.07. The summed E-state index contributed by atoms with van der Waals surface area (Å²) in [4.78, 5) is 14.4. The van der Waals surface area contributed by atoms with Gasteiger partial charge >= 0.3 is 5.97 Å². The first-order chi connectivity index (χ1) is 13.6. The van der Waals surface area contributed by atoms with E-state index in [1.807, 2.05) is 84.9 Å². The summed E-state index contributed by atoms with van der Waals surface area (Å²) in [5, 5.41) is 20.5. The Morgan fingerprint density at radius 3 is 2.04 bits per heavy atom. The van der Waals surface area contributed by atoms with Crippen LogP contribution in [0.2, 0.25) is 0 Å². The molecule has 140 valence electrons. The largest absolute Gasteiger partial charge is 0.477 e. The first-order valence-electron chi connectivity index (χ1n) is 8.98. The summed E-state index contributed by atoms with van der Waals surface area (Å²) in [6.07, 6.45) is 1.83. The normalized spacial score (nSPS) is 11.3. The summed E-state index contributed by atoms with van der Waals surface area (Å²) < 4.78 is 0. The number of carboxylic acids is 1. The monoisotopic (exact) mass is 371 g/mol. The van der Waals surface area contributed by atoms with Gasteiger partial charge in [-0.25, -0.2) is 9.78 Å². The van der Waals surface area contributed by atoms with Crippen molar-refractivity contribution in [3.63, 3.8) is 0 Å². The van der Waals surface area contributed by atoms with Gasteiger partial charge in [0.15, 0.2) is 0 Å². The number of rotatable bonds is 4. The lowest BCUT2D eigenvalue weighted by molar-refractivity contribution is 0.0690. The van der Waals surface area contributed by atoms with E-state index in [0.29, 0.717) is 6.42 Å². The van der Waals surface area contributed by atoms with E-state index in [0.717, 1.165) is 21.9 Å². The Morgan fingerprint density at radius 2 is 1.39 bits per heavy atom. The van der Waals surface area contributed by atoms with Gasteiger partial charge in [-0.1, -0.05) is 84.9 Å². The van der Waals surface area contributed by atoms with Gasteiger partial charge in [0.1, 0.15) is 5.69 Å². The number of aliphatic hydroxyl groups is 1. The van der Waals surface area contributed by atoms with E-state index in [2.05, 4.69) is 4.98 Å². The number of pyridine rings is 1. The molecule has 3 aromatic carbocycles. The fourth-order valence-electron chi connectivity index (χ4n) is 2.83. The van der Waals surface area contributed by atoms with Crippen LogP contribution in [0.15, 0.2) is 97.2 Å². The first-order valence-corrected chi connectivity index (χ1v) is 8.98. The highest BCUT2D eigenvalue weighted by molar-refractivity contribution is 5.91. The molecule has 0 aliphatic carbocycles. The van der Waals surface area contributed by atoms with Gasteiger partial charge in [0.25, 0.3) is 0 Å². The van der Waals surface area contributed by atoms with Gasteiger partial charge in [0, 0.05) is 18.0 Å². The number of carbonyl (C=O) groups is 1. The lowest BCUT2D eigenvalue weighted by Gasteiger charge is -2.10. The van der Waals surface area contributed by atoms with Gasteiger partial charge in [0.2, 0.25) is 0 Å². The molecule has 2 N–H and O–H groups in total. The van der Waals surface area contributed by atoms with Crippen LogP contribution in [0.3, 0.4) is 0 Å². The molecule has 1 heterocycles. The third-order valence-corrected chi connectivity index (χ3v) is 4.31. The number of fused-ring (bicyclic) bond motifs is 1. The minimum absolute atomic E-state index is 0.0821. The van der Waals surface area contributed by atoms with Gasteiger partial charge in [-0.3, -0.25) is 0 Å². The third kappa shape index (κ3) is 5.25. The quantitative estimate of drug-likeness (QED) is 0.535. The number of aliphatic hydroxyl groups excluding tert-OH is 1. The maximum absolute atomic E-state index is 10.6. The van der Waals surface area contributed by atoms with Gasteiger partial charge in [-0.2, -0.15) is 0 Å². The fourth-order valence-corrected chi connectivity index (χ4v) is 2.83. The van der Waals surface area contributed by atoms with Crippen molar-refractivity contribution in [3.05, 3.63) is 114 Å². The molecule has 1 atom stereocenters. The van der Waals surface area contributed by atoms with Crippen molar-refractivity contribution in [2.24, 2.45) is 0 Å². The molecule has 0 spiro atoms. The molecule has 1 unspecified atom stereocenters. The number of aromatic nitrogens is 1.